The first-order chi connectivity index (χ1) is 6.31. The molecule has 0 aliphatic rings. The van der Waals surface area contributed by atoms with Crippen molar-refractivity contribution in [2.45, 2.75) is 6.92 Å². The zero-order valence-corrected chi connectivity index (χ0v) is 7.46. The van der Waals surface area contributed by atoms with Crippen LogP contribution >= 0.6 is 0 Å². The maximum Gasteiger partial charge on any atom is 0.153 e. The lowest BCUT2D eigenvalue weighted by atomic mass is 10.2. The van der Waals surface area contributed by atoms with E-state index in [4.69, 9.17) is 5.73 Å². The molecular formula is C9H12N4. The Kier molecular flexibility index (Phi) is 1.81. The molecule has 2 rings (SSSR count). The van der Waals surface area contributed by atoms with Crippen LogP contribution in [0.1, 0.15) is 6.92 Å². The molecule has 0 fully saturated rings. The van der Waals surface area contributed by atoms with Crippen molar-refractivity contribution in [3.8, 4) is 0 Å². The van der Waals surface area contributed by atoms with Gasteiger partial charge in [-0.05, 0) is 25.1 Å². The number of aromatic nitrogens is 2. The molecule has 0 radical (unpaired) electrons. The predicted octanol–water partition coefficient (Wildman–Crippen LogP) is 1.58. The van der Waals surface area contributed by atoms with E-state index in [1.54, 1.807) is 0 Å². The Morgan fingerprint density at radius 3 is 3.15 bits per heavy atom. The molecule has 0 saturated heterocycles. The molecule has 0 amide bonds. The minimum atomic E-state index is 0.551. The second kappa shape index (κ2) is 2.97. The first-order valence-corrected chi connectivity index (χ1v) is 4.28. The summed E-state index contributed by atoms with van der Waals surface area (Å²) >= 11 is 0. The van der Waals surface area contributed by atoms with E-state index in [1.165, 1.54) is 0 Å². The van der Waals surface area contributed by atoms with Gasteiger partial charge in [-0.1, -0.05) is 0 Å². The minimum absolute atomic E-state index is 0.551. The van der Waals surface area contributed by atoms with Crippen molar-refractivity contribution in [3.63, 3.8) is 0 Å². The number of nitrogen functional groups attached to an aromatic ring is 1. The number of H-pyrrole nitrogens is 1. The third kappa shape index (κ3) is 1.30. The van der Waals surface area contributed by atoms with Gasteiger partial charge in [-0.3, -0.25) is 5.10 Å². The van der Waals surface area contributed by atoms with Gasteiger partial charge >= 0.3 is 0 Å². The average molecular weight is 176 g/mol. The normalized spacial score (nSPS) is 10.5. The number of anilines is 2. The van der Waals surface area contributed by atoms with Crippen LogP contribution in [0.15, 0.2) is 18.2 Å². The van der Waals surface area contributed by atoms with Crippen molar-refractivity contribution >= 4 is 22.4 Å². The van der Waals surface area contributed by atoms with Gasteiger partial charge in [0.1, 0.15) is 0 Å². The van der Waals surface area contributed by atoms with E-state index in [2.05, 4.69) is 22.4 Å². The number of nitrogens with one attached hydrogen (secondary N) is 2. The van der Waals surface area contributed by atoms with Gasteiger partial charge in [-0.25, -0.2) is 0 Å². The Morgan fingerprint density at radius 2 is 2.38 bits per heavy atom. The number of hydrogen-bond donors (Lipinski definition) is 3. The molecule has 1 aromatic heterocycles. The summed E-state index contributed by atoms with van der Waals surface area (Å²) in [6, 6.07) is 5.97. The van der Waals surface area contributed by atoms with Gasteiger partial charge in [0.05, 0.1) is 5.52 Å². The van der Waals surface area contributed by atoms with Crippen molar-refractivity contribution in [1.29, 1.82) is 0 Å². The number of hydrogen-bond acceptors (Lipinski definition) is 3. The van der Waals surface area contributed by atoms with Gasteiger partial charge in [0.15, 0.2) is 5.82 Å². The fraction of sp³-hybridized carbons (Fsp3) is 0.222. The Morgan fingerprint density at radius 1 is 1.54 bits per heavy atom. The van der Waals surface area contributed by atoms with Crippen LogP contribution in [0, 0.1) is 0 Å². The molecule has 1 heterocycles. The molecule has 4 nitrogen and oxygen atoms in total. The van der Waals surface area contributed by atoms with Crippen LogP contribution in [0.2, 0.25) is 0 Å². The minimum Gasteiger partial charge on any atom is -0.385 e. The second-order valence-corrected chi connectivity index (χ2v) is 2.90. The molecule has 0 saturated carbocycles. The highest BCUT2D eigenvalue weighted by Gasteiger charge is 2.01. The van der Waals surface area contributed by atoms with Crippen molar-refractivity contribution in [2.24, 2.45) is 0 Å². The predicted molar refractivity (Wildman–Crippen MR) is 54.7 cm³/mol. The molecule has 1 aromatic carbocycles. The molecule has 0 unspecified atom stereocenters. The largest absolute Gasteiger partial charge is 0.385 e. The Bertz CT molecular complexity index is 418. The zero-order valence-electron chi connectivity index (χ0n) is 7.46. The lowest BCUT2D eigenvalue weighted by molar-refractivity contribution is 1.13. The summed E-state index contributed by atoms with van der Waals surface area (Å²) in [5.41, 5.74) is 7.71. The summed E-state index contributed by atoms with van der Waals surface area (Å²) in [5, 5.41) is 11.0. The lowest BCUT2D eigenvalue weighted by Gasteiger charge is -2.01. The highest BCUT2D eigenvalue weighted by molar-refractivity contribution is 5.91. The monoisotopic (exact) mass is 176 g/mol. The Hall–Kier alpha value is -1.71. The molecule has 0 bridgehead atoms. The summed E-state index contributed by atoms with van der Waals surface area (Å²) in [5.74, 6) is 0.551. The van der Waals surface area contributed by atoms with Gasteiger partial charge in [0, 0.05) is 17.6 Å². The number of fused-ring (bicyclic) bond motifs is 1. The SMILES string of the molecule is CCNc1ccc2[nH]nc(N)c2c1. The summed E-state index contributed by atoms with van der Waals surface area (Å²) in [6.07, 6.45) is 0. The van der Waals surface area contributed by atoms with Crippen molar-refractivity contribution in [2.75, 3.05) is 17.6 Å². The third-order valence-corrected chi connectivity index (χ3v) is 1.97. The van der Waals surface area contributed by atoms with Crippen molar-refractivity contribution in [3.05, 3.63) is 18.2 Å². The first kappa shape index (κ1) is 7.91. The molecule has 13 heavy (non-hydrogen) atoms. The highest BCUT2D eigenvalue weighted by atomic mass is 15.1. The maximum absolute atomic E-state index is 5.67. The molecule has 0 aliphatic heterocycles. The van der Waals surface area contributed by atoms with Crippen LogP contribution in [0.3, 0.4) is 0 Å². The van der Waals surface area contributed by atoms with E-state index in [0.29, 0.717) is 5.82 Å². The summed E-state index contributed by atoms with van der Waals surface area (Å²) < 4.78 is 0. The fourth-order valence-electron chi connectivity index (χ4n) is 1.35. The maximum atomic E-state index is 5.67. The van der Waals surface area contributed by atoms with E-state index >= 15 is 0 Å². The van der Waals surface area contributed by atoms with Gasteiger partial charge in [0.2, 0.25) is 0 Å². The number of rotatable bonds is 2. The first-order valence-electron chi connectivity index (χ1n) is 4.28. The van der Waals surface area contributed by atoms with Crippen LogP contribution in [0.5, 0.6) is 0 Å². The van der Waals surface area contributed by atoms with E-state index in [1.807, 2.05) is 18.2 Å². The molecule has 0 spiro atoms. The zero-order chi connectivity index (χ0) is 9.26. The van der Waals surface area contributed by atoms with Crippen LogP contribution in [0.4, 0.5) is 11.5 Å². The number of nitrogens with zero attached hydrogens (tertiary/aromatic N) is 1. The quantitative estimate of drug-likeness (QED) is 0.650. The second-order valence-electron chi connectivity index (χ2n) is 2.90. The van der Waals surface area contributed by atoms with E-state index in [-0.39, 0.29) is 0 Å². The van der Waals surface area contributed by atoms with Gasteiger partial charge < -0.3 is 11.1 Å². The number of nitrogens with two attached hydrogens (primary N) is 1. The average Bonchev–Trinajstić information content (AvgIpc) is 2.49. The van der Waals surface area contributed by atoms with Crippen molar-refractivity contribution in [1.82, 2.24) is 10.2 Å². The third-order valence-electron chi connectivity index (χ3n) is 1.97. The van der Waals surface area contributed by atoms with Crippen LogP contribution in [-0.4, -0.2) is 16.7 Å². The fourth-order valence-corrected chi connectivity index (χ4v) is 1.35. The Balaban J connectivity index is 2.53. The topological polar surface area (TPSA) is 66.7 Å². The number of aromatic amines is 1. The van der Waals surface area contributed by atoms with E-state index in [0.717, 1.165) is 23.1 Å². The lowest BCUT2D eigenvalue weighted by Crippen LogP contribution is -1.95. The van der Waals surface area contributed by atoms with E-state index < -0.39 is 0 Å². The van der Waals surface area contributed by atoms with Crippen LogP contribution < -0.4 is 11.1 Å². The van der Waals surface area contributed by atoms with Crippen LogP contribution in [-0.2, 0) is 0 Å². The summed E-state index contributed by atoms with van der Waals surface area (Å²) in [7, 11) is 0. The van der Waals surface area contributed by atoms with Gasteiger partial charge in [-0.15, -0.1) is 0 Å². The van der Waals surface area contributed by atoms with Gasteiger partial charge in [-0.2, -0.15) is 5.10 Å². The van der Waals surface area contributed by atoms with Crippen LogP contribution in [0.25, 0.3) is 10.9 Å². The van der Waals surface area contributed by atoms with Crippen molar-refractivity contribution < 1.29 is 0 Å². The van der Waals surface area contributed by atoms with E-state index in [9.17, 15) is 0 Å². The molecular weight excluding hydrogens is 164 g/mol. The summed E-state index contributed by atoms with van der Waals surface area (Å²) in [4.78, 5) is 0. The molecule has 4 heteroatoms. The molecule has 4 N–H and O–H groups in total. The molecule has 2 aromatic rings. The standard InChI is InChI=1S/C9H12N4/c1-2-11-6-3-4-8-7(5-6)9(10)13-12-8/h3-5,11H,2H2,1H3,(H3,10,12,13). The Labute approximate surface area is 76.1 Å². The smallest absolute Gasteiger partial charge is 0.153 e. The highest BCUT2D eigenvalue weighted by Crippen LogP contribution is 2.21. The molecule has 68 valence electrons. The molecule has 0 aliphatic carbocycles. The van der Waals surface area contributed by atoms with Gasteiger partial charge in [0.25, 0.3) is 0 Å². The molecule has 0 atom stereocenters. The summed E-state index contributed by atoms with van der Waals surface area (Å²) in [6.45, 7) is 2.96. The number of benzene rings is 1.